The average Bonchev–Trinajstić information content (AvgIpc) is 2.98. The van der Waals surface area contributed by atoms with E-state index >= 15 is 0 Å². The normalized spacial score (nSPS) is 15.1. The lowest BCUT2D eigenvalue weighted by atomic mass is 10.1. The first-order valence-electron chi connectivity index (χ1n) is 7.95. The van der Waals surface area contributed by atoms with Crippen LogP contribution in [0.3, 0.4) is 0 Å². The molecule has 4 nitrogen and oxygen atoms in total. The van der Waals surface area contributed by atoms with Gasteiger partial charge < -0.3 is 15.1 Å². The summed E-state index contributed by atoms with van der Waals surface area (Å²) in [6, 6.07) is 8.78. The van der Waals surface area contributed by atoms with Crippen molar-refractivity contribution in [2.24, 2.45) is 4.99 Å². The van der Waals surface area contributed by atoms with Crippen molar-refractivity contribution in [1.82, 2.24) is 15.1 Å². The van der Waals surface area contributed by atoms with E-state index in [1.165, 1.54) is 24.0 Å². The minimum Gasteiger partial charge on any atom is -0.357 e. The number of aliphatic imine (C=N–C) groups is 1. The Hall–Kier alpha value is -0.820. The Morgan fingerprint density at radius 3 is 2.27 bits per heavy atom. The molecular formula is C17H29IN4. The number of halogens is 1. The summed E-state index contributed by atoms with van der Waals surface area (Å²) >= 11 is 0. The SMILES string of the molecule is CCNC(=NCc1ccc(CN(C)C)cc1)N1CCCC1.I. The zero-order valence-corrected chi connectivity index (χ0v) is 16.3. The molecule has 0 radical (unpaired) electrons. The van der Waals surface area contributed by atoms with Crippen LogP contribution in [0.4, 0.5) is 0 Å². The maximum Gasteiger partial charge on any atom is 0.194 e. The molecule has 1 saturated heterocycles. The van der Waals surface area contributed by atoms with Gasteiger partial charge in [-0.2, -0.15) is 0 Å². The summed E-state index contributed by atoms with van der Waals surface area (Å²) in [6.07, 6.45) is 2.56. The van der Waals surface area contributed by atoms with Crippen LogP contribution < -0.4 is 5.32 Å². The molecule has 1 N–H and O–H groups in total. The number of nitrogens with zero attached hydrogens (tertiary/aromatic N) is 3. The number of guanidine groups is 1. The fraction of sp³-hybridized carbons (Fsp3) is 0.588. The van der Waals surface area contributed by atoms with Gasteiger partial charge in [-0.3, -0.25) is 0 Å². The Labute approximate surface area is 152 Å². The van der Waals surface area contributed by atoms with Gasteiger partial charge in [0.25, 0.3) is 0 Å². The van der Waals surface area contributed by atoms with Gasteiger partial charge in [0, 0.05) is 26.2 Å². The number of hydrogen-bond donors (Lipinski definition) is 1. The highest BCUT2D eigenvalue weighted by atomic mass is 127. The van der Waals surface area contributed by atoms with E-state index in [4.69, 9.17) is 4.99 Å². The van der Waals surface area contributed by atoms with Crippen LogP contribution in [0.2, 0.25) is 0 Å². The molecule has 0 amide bonds. The highest BCUT2D eigenvalue weighted by molar-refractivity contribution is 14.0. The minimum atomic E-state index is 0. The van der Waals surface area contributed by atoms with Gasteiger partial charge in [0.05, 0.1) is 6.54 Å². The van der Waals surface area contributed by atoms with E-state index < -0.39 is 0 Å². The van der Waals surface area contributed by atoms with Crippen molar-refractivity contribution in [2.75, 3.05) is 33.7 Å². The van der Waals surface area contributed by atoms with Crippen molar-refractivity contribution in [3.05, 3.63) is 35.4 Å². The predicted molar refractivity (Wildman–Crippen MR) is 105 cm³/mol. The first-order valence-corrected chi connectivity index (χ1v) is 7.95. The summed E-state index contributed by atoms with van der Waals surface area (Å²) in [6.45, 7) is 7.06. The molecular weight excluding hydrogens is 387 g/mol. The van der Waals surface area contributed by atoms with Crippen molar-refractivity contribution in [3.63, 3.8) is 0 Å². The largest absolute Gasteiger partial charge is 0.357 e. The summed E-state index contributed by atoms with van der Waals surface area (Å²) in [7, 11) is 4.19. The molecule has 2 rings (SSSR count). The van der Waals surface area contributed by atoms with E-state index in [0.29, 0.717) is 0 Å². The molecule has 1 aliphatic rings. The third-order valence-corrected chi connectivity index (χ3v) is 3.67. The zero-order valence-electron chi connectivity index (χ0n) is 14.0. The Morgan fingerprint density at radius 2 is 1.73 bits per heavy atom. The molecule has 1 aromatic carbocycles. The number of rotatable bonds is 5. The van der Waals surface area contributed by atoms with Crippen LogP contribution >= 0.6 is 24.0 Å². The fourth-order valence-electron chi connectivity index (χ4n) is 2.64. The second-order valence-electron chi connectivity index (χ2n) is 5.92. The number of benzene rings is 1. The van der Waals surface area contributed by atoms with Crippen LogP contribution in [0.1, 0.15) is 30.9 Å². The van der Waals surface area contributed by atoms with Crippen molar-refractivity contribution < 1.29 is 0 Å². The molecule has 0 spiro atoms. The molecule has 1 aromatic rings. The number of nitrogens with one attached hydrogen (secondary N) is 1. The van der Waals surface area contributed by atoms with Gasteiger partial charge in [0.15, 0.2) is 5.96 Å². The number of hydrogen-bond acceptors (Lipinski definition) is 2. The zero-order chi connectivity index (χ0) is 15.1. The Kier molecular flexibility index (Phi) is 8.78. The molecule has 0 saturated carbocycles. The summed E-state index contributed by atoms with van der Waals surface area (Å²) in [4.78, 5) is 9.33. The van der Waals surface area contributed by atoms with Gasteiger partial charge in [0.2, 0.25) is 0 Å². The summed E-state index contributed by atoms with van der Waals surface area (Å²) in [5.74, 6) is 1.06. The van der Waals surface area contributed by atoms with E-state index in [-0.39, 0.29) is 24.0 Å². The molecule has 1 aliphatic heterocycles. The van der Waals surface area contributed by atoms with Gasteiger partial charge in [-0.1, -0.05) is 24.3 Å². The smallest absolute Gasteiger partial charge is 0.194 e. The average molecular weight is 416 g/mol. The monoisotopic (exact) mass is 416 g/mol. The van der Waals surface area contributed by atoms with E-state index in [2.05, 4.69) is 60.4 Å². The molecule has 0 aromatic heterocycles. The van der Waals surface area contributed by atoms with E-state index in [1.54, 1.807) is 0 Å². The van der Waals surface area contributed by atoms with Gasteiger partial charge in [-0.25, -0.2) is 4.99 Å². The maximum absolute atomic E-state index is 4.78. The highest BCUT2D eigenvalue weighted by Gasteiger charge is 2.15. The molecule has 1 heterocycles. The molecule has 22 heavy (non-hydrogen) atoms. The highest BCUT2D eigenvalue weighted by Crippen LogP contribution is 2.10. The molecule has 0 bridgehead atoms. The van der Waals surface area contributed by atoms with Crippen LogP contribution in [0.25, 0.3) is 0 Å². The predicted octanol–water partition coefficient (Wildman–Crippen LogP) is 2.93. The van der Waals surface area contributed by atoms with Gasteiger partial charge >= 0.3 is 0 Å². The van der Waals surface area contributed by atoms with Crippen LogP contribution in [-0.4, -0.2) is 49.5 Å². The minimum absolute atomic E-state index is 0. The lowest BCUT2D eigenvalue weighted by molar-refractivity contribution is 0.402. The Balaban J connectivity index is 0.00000242. The third kappa shape index (κ3) is 6.12. The van der Waals surface area contributed by atoms with Crippen LogP contribution in [0.15, 0.2) is 29.3 Å². The molecule has 0 atom stereocenters. The molecule has 124 valence electrons. The van der Waals surface area contributed by atoms with Gasteiger partial charge in [-0.05, 0) is 45.0 Å². The first kappa shape index (κ1) is 19.2. The third-order valence-electron chi connectivity index (χ3n) is 3.67. The lowest BCUT2D eigenvalue weighted by Gasteiger charge is -2.20. The summed E-state index contributed by atoms with van der Waals surface area (Å²) < 4.78 is 0. The summed E-state index contributed by atoms with van der Waals surface area (Å²) in [5.41, 5.74) is 2.62. The van der Waals surface area contributed by atoms with Crippen molar-refractivity contribution in [3.8, 4) is 0 Å². The van der Waals surface area contributed by atoms with Crippen LogP contribution in [0, 0.1) is 0 Å². The van der Waals surface area contributed by atoms with Crippen LogP contribution in [0.5, 0.6) is 0 Å². The standard InChI is InChI=1S/C17H28N4.HI/c1-4-18-17(21-11-5-6-12-21)19-13-15-7-9-16(10-8-15)14-20(2)3;/h7-10H,4-6,11-14H2,1-3H3,(H,18,19);1H. The van der Waals surface area contributed by atoms with E-state index in [0.717, 1.165) is 38.7 Å². The van der Waals surface area contributed by atoms with Gasteiger partial charge in [0.1, 0.15) is 0 Å². The lowest BCUT2D eigenvalue weighted by Crippen LogP contribution is -2.39. The van der Waals surface area contributed by atoms with Crippen molar-refractivity contribution in [2.45, 2.75) is 32.9 Å². The molecule has 0 aliphatic carbocycles. The quantitative estimate of drug-likeness (QED) is 0.455. The fourth-order valence-corrected chi connectivity index (χ4v) is 2.64. The second-order valence-corrected chi connectivity index (χ2v) is 5.92. The summed E-state index contributed by atoms with van der Waals surface area (Å²) in [5, 5.41) is 3.40. The van der Waals surface area contributed by atoms with E-state index in [1.807, 2.05) is 0 Å². The van der Waals surface area contributed by atoms with E-state index in [9.17, 15) is 0 Å². The van der Waals surface area contributed by atoms with Crippen molar-refractivity contribution >= 4 is 29.9 Å². The Bertz CT molecular complexity index is 450. The van der Waals surface area contributed by atoms with Gasteiger partial charge in [-0.15, -0.1) is 24.0 Å². The molecule has 0 unspecified atom stereocenters. The molecule has 1 fully saturated rings. The second kappa shape index (κ2) is 10.0. The molecule has 5 heteroatoms. The van der Waals surface area contributed by atoms with Crippen molar-refractivity contribution in [1.29, 1.82) is 0 Å². The first-order chi connectivity index (χ1) is 10.2. The van der Waals surface area contributed by atoms with Crippen LogP contribution in [-0.2, 0) is 13.1 Å². The maximum atomic E-state index is 4.78. The Morgan fingerprint density at radius 1 is 1.14 bits per heavy atom. The number of likely N-dealkylation sites (tertiary alicyclic amines) is 1. The topological polar surface area (TPSA) is 30.9 Å².